The molecule has 0 spiro atoms. The van der Waals surface area contributed by atoms with Crippen molar-refractivity contribution in [1.29, 1.82) is 0 Å². The molecule has 130 valence electrons. The maximum atomic E-state index is 12.6. The summed E-state index contributed by atoms with van der Waals surface area (Å²) in [5, 5.41) is 4.33. The quantitative estimate of drug-likeness (QED) is 0.550. The van der Waals surface area contributed by atoms with Crippen LogP contribution in [0, 0.1) is 0 Å². The Kier molecular flexibility index (Phi) is 3.92. The minimum absolute atomic E-state index is 0.110. The van der Waals surface area contributed by atoms with Crippen LogP contribution in [0.25, 0.3) is 22.4 Å². The molecule has 0 N–H and O–H groups in total. The van der Waals surface area contributed by atoms with E-state index < -0.39 is 0 Å². The van der Waals surface area contributed by atoms with Crippen molar-refractivity contribution in [3.05, 3.63) is 74.8 Å². The van der Waals surface area contributed by atoms with Gasteiger partial charge in [0.05, 0.1) is 4.53 Å². The third-order valence-electron chi connectivity index (χ3n) is 4.18. The van der Waals surface area contributed by atoms with E-state index in [9.17, 15) is 4.79 Å². The number of nitrogens with zero attached hydrogens (tertiary/aromatic N) is 4. The molecule has 0 saturated carbocycles. The zero-order chi connectivity index (χ0) is 18.3. The lowest BCUT2D eigenvalue weighted by atomic mass is 9.87. The zero-order valence-corrected chi connectivity index (χ0v) is 15.6. The average molecular weight is 362 g/mol. The molecular formula is C20H18N4OS. The van der Waals surface area contributed by atoms with E-state index in [0.717, 1.165) is 11.1 Å². The Morgan fingerprint density at radius 1 is 1.12 bits per heavy atom. The number of thiazole rings is 1. The number of hydrogen-bond donors (Lipinski definition) is 0. The van der Waals surface area contributed by atoms with Crippen LogP contribution in [0.5, 0.6) is 0 Å². The molecule has 3 aromatic heterocycles. The lowest BCUT2D eigenvalue weighted by Crippen LogP contribution is -2.23. The summed E-state index contributed by atoms with van der Waals surface area (Å²) in [6.45, 7) is 6.55. The molecule has 6 heteroatoms. The summed E-state index contributed by atoms with van der Waals surface area (Å²) in [4.78, 5) is 21.7. The molecule has 1 aromatic carbocycles. The first-order chi connectivity index (χ1) is 12.4. The summed E-state index contributed by atoms with van der Waals surface area (Å²) >= 11 is 1.34. The summed E-state index contributed by atoms with van der Waals surface area (Å²) in [7, 11) is 0. The fourth-order valence-corrected chi connectivity index (χ4v) is 3.59. The van der Waals surface area contributed by atoms with Crippen LogP contribution in [0.3, 0.4) is 0 Å². The van der Waals surface area contributed by atoms with E-state index in [1.807, 2.05) is 30.3 Å². The fraction of sp³-hybridized carbons (Fsp3) is 0.200. The summed E-state index contributed by atoms with van der Waals surface area (Å²) < 4.78 is 1.99. The van der Waals surface area contributed by atoms with Gasteiger partial charge in [0.1, 0.15) is 0 Å². The normalized spacial score (nSPS) is 12.8. The second-order valence-electron chi connectivity index (χ2n) is 7.16. The van der Waals surface area contributed by atoms with E-state index in [4.69, 9.17) is 0 Å². The second kappa shape index (κ2) is 6.14. The number of hydrogen-bond acceptors (Lipinski definition) is 5. The van der Waals surface area contributed by atoms with Gasteiger partial charge in [0, 0.05) is 18.0 Å². The minimum Gasteiger partial charge on any atom is -0.266 e. The van der Waals surface area contributed by atoms with E-state index in [1.54, 1.807) is 12.4 Å². The molecule has 0 radical (unpaired) electrons. The lowest BCUT2D eigenvalue weighted by Gasteiger charge is -2.18. The molecule has 0 bridgehead atoms. The van der Waals surface area contributed by atoms with Crippen molar-refractivity contribution in [2.24, 2.45) is 0 Å². The monoisotopic (exact) mass is 362 g/mol. The molecule has 26 heavy (non-hydrogen) atoms. The van der Waals surface area contributed by atoms with Crippen molar-refractivity contribution in [2.75, 3.05) is 0 Å². The molecule has 0 atom stereocenters. The Morgan fingerprint density at radius 2 is 1.88 bits per heavy atom. The molecule has 5 nitrogen and oxygen atoms in total. The van der Waals surface area contributed by atoms with Crippen molar-refractivity contribution < 1.29 is 0 Å². The van der Waals surface area contributed by atoms with Gasteiger partial charge in [-0.1, -0.05) is 56.4 Å². The largest absolute Gasteiger partial charge is 0.291 e. The summed E-state index contributed by atoms with van der Waals surface area (Å²) in [5.41, 5.74) is 3.02. The van der Waals surface area contributed by atoms with Crippen molar-refractivity contribution in [2.45, 2.75) is 26.2 Å². The first kappa shape index (κ1) is 16.6. The van der Waals surface area contributed by atoms with Crippen LogP contribution >= 0.6 is 11.3 Å². The molecule has 0 amide bonds. The van der Waals surface area contributed by atoms with Crippen molar-refractivity contribution in [3.8, 4) is 11.4 Å². The van der Waals surface area contributed by atoms with Crippen LogP contribution in [-0.2, 0) is 5.41 Å². The summed E-state index contributed by atoms with van der Waals surface area (Å²) in [6.07, 6.45) is 5.27. The van der Waals surface area contributed by atoms with Gasteiger partial charge < -0.3 is 0 Å². The zero-order valence-electron chi connectivity index (χ0n) is 14.8. The number of pyridine rings is 1. The van der Waals surface area contributed by atoms with Crippen molar-refractivity contribution >= 4 is 22.4 Å². The van der Waals surface area contributed by atoms with Gasteiger partial charge in [-0.05, 0) is 34.8 Å². The molecule has 0 unspecified atom stereocenters. The lowest BCUT2D eigenvalue weighted by molar-refractivity contribution is 0.590. The highest BCUT2D eigenvalue weighted by molar-refractivity contribution is 7.15. The first-order valence-electron chi connectivity index (χ1n) is 8.34. The Bertz CT molecular complexity index is 1170. The van der Waals surface area contributed by atoms with Crippen LogP contribution in [0.4, 0.5) is 0 Å². The molecule has 4 aromatic rings. The van der Waals surface area contributed by atoms with Crippen LogP contribution in [0.2, 0.25) is 0 Å². The van der Waals surface area contributed by atoms with E-state index in [0.29, 0.717) is 15.3 Å². The second-order valence-corrected chi connectivity index (χ2v) is 8.17. The van der Waals surface area contributed by atoms with E-state index >= 15 is 0 Å². The minimum atomic E-state index is -0.146. The van der Waals surface area contributed by atoms with Crippen LogP contribution in [0.1, 0.15) is 31.9 Å². The SMILES string of the molecule is CC(C)(C)c1ccc(C=c2sc3nc(-c4cccnc4)nn3c2=O)cc1. The molecule has 0 aliphatic heterocycles. The molecule has 3 heterocycles. The van der Waals surface area contributed by atoms with Gasteiger partial charge in [0.25, 0.3) is 5.56 Å². The van der Waals surface area contributed by atoms with Crippen LogP contribution in [-0.4, -0.2) is 19.6 Å². The number of benzene rings is 1. The van der Waals surface area contributed by atoms with Gasteiger partial charge in [-0.2, -0.15) is 9.50 Å². The van der Waals surface area contributed by atoms with Gasteiger partial charge in [0.2, 0.25) is 4.96 Å². The standard InChI is InChI=1S/C20H18N4OS/c1-20(2,3)15-8-6-13(7-9-15)11-16-18(25)24-19(26-16)22-17(23-24)14-5-4-10-21-12-14/h4-12H,1-3H3. The van der Waals surface area contributed by atoms with E-state index in [-0.39, 0.29) is 11.0 Å². The van der Waals surface area contributed by atoms with Crippen molar-refractivity contribution in [1.82, 2.24) is 19.6 Å². The predicted octanol–water partition coefficient (Wildman–Crippen LogP) is 3.06. The van der Waals surface area contributed by atoms with Crippen LogP contribution < -0.4 is 10.1 Å². The van der Waals surface area contributed by atoms with Crippen LogP contribution in [0.15, 0.2) is 53.6 Å². The molecule has 0 aliphatic rings. The Morgan fingerprint density at radius 3 is 2.50 bits per heavy atom. The van der Waals surface area contributed by atoms with Gasteiger partial charge in [-0.3, -0.25) is 9.78 Å². The van der Waals surface area contributed by atoms with Gasteiger partial charge in [0.15, 0.2) is 5.82 Å². The van der Waals surface area contributed by atoms with Gasteiger partial charge >= 0.3 is 0 Å². The molecule has 4 rings (SSSR count). The van der Waals surface area contributed by atoms with Crippen molar-refractivity contribution in [3.63, 3.8) is 0 Å². The molecule has 0 aliphatic carbocycles. The number of fused-ring (bicyclic) bond motifs is 1. The highest BCUT2D eigenvalue weighted by Gasteiger charge is 2.13. The highest BCUT2D eigenvalue weighted by atomic mass is 32.1. The third-order valence-corrected chi connectivity index (χ3v) is 5.14. The fourth-order valence-electron chi connectivity index (χ4n) is 2.68. The number of aromatic nitrogens is 4. The number of rotatable bonds is 2. The van der Waals surface area contributed by atoms with Gasteiger partial charge in [-0.15, -0.1) is 5.10 Å². The Balaban J connectivity index is 1.74. The Labute approximate surface area is 154 Å². The first-order valence-corrected chi connectivity index (χ1v) is 9.16. The smallest absolute Gasteiger partial charge is 0.266 e. The third kappa shape index (κ3) is 3.04. The summed E-state index contributed by atoms with van der Waals surface area (Å²) in [5.74, 6) is 0.516. The molecule has 0 fully saturated rings. The highest BCUT2D eigenvalue weighted by Crippen LogP contribution is 2.22. The van der Waals surface area contributed by atoms with Gasteiger partial charge in [-0.25, -0.2) is 0 Å². The maximum Gasteiger partial charge on any atom is 0.291 e. The predicted molar refractivity (Wildman–Crippen MR) is 104 cm³/mol. The Hall–Kier alpha value is -2.86. The summed E-state index contributed by atoms with van der Waals surface area (Å²) in [6, 6.07) is 12.0. The average Bonchev–Trinajstić information content (AvgIpc) is 3.16. The van der Waals surface area contributed by atoms with E-state index in [1.165, 1.54) is 21.4 Å². The maximum absolute atomic E-state index is 12.6. The topological polar surface area (TPSA) is 60.1 Å². The molecule has 0 saturated heterocycles. The molecular weight excluding hydrogens is 344 g/mol. The van der Waals surface area contributed by atoms with E-state index in [2.05, 4.69) is 48.0 Å².